The van der Waals surface area contributed by atoms with Gasteiger partial charge < -0.3 is 4.74 Å². The van der Waals surface area contributed by atoms with E-state index in [1.54, 1.807) is 0 Å². The number of aryl methyl sites for hydroxylation is 2. The normalized spacial score (nSPS) is 11.7. The molecule has 0 heterocycles. The molecule has 0 atom stereocenters. The minimum absolute atomic E-state index is 0.0635. The van der Waals surface area contributed by atoms with Crippen molar-refractivity contribution in [2.75, 3.05) is 20.2 Å². The lowest BCUT2D eigenvalue weighted by molar-refractivity contribution is 0.286. The van der Waals surface area contributed by atoms with E-state index < -0.39 is 15.8 Å². The summed E-state index contributed by atoms with van der Waals surface area (Å²) in [5.41, 5.74) is 2.17. The molecule has 0 amide bonds. The zero-order chi connectivity index (χ0) is 17.0. The first-order valence-electron chi connectivity index (χ1n) is 7.22. The van der Waals surface area contributed by atoms with Crippen molar-refractivity contribution >= 4 is 10.0 Å². The van der Waals surface area contributed by atoms with Crippen LogP contribution >= 0.6 is 0 Å². The van der Waals surface area contributed by atoms with Gasteiger partial charge in [-0.3, -0.25) is 0 Å². The van der Waals surface area contributed by atoms with E-state index in [1.807, 2.05) is 32.0 Å². The highest BCUT2D eigenvalue weighted by Crippen LogP contribution is 2.17. The summed E-state index contributed by atoms with van der Waals surface area (Å²) in [7, 11) is -2.27. The van der Waals surface area contributed by atoms with Gasteiger partial charge in [-0.25, -0.2) is 12.8 Å². The molecule has 0 fully saturated rings. The van der Waals surface area contributed by atoms with Crippen LogP contribution in [0.3, 0.4) is 0 Å². The molecule has 6 heteroatoms. The van der Waals surface area contributed by atoms with Crippen LogP contribution in [-0.4, -0.2) is 32.9 Å². The van der Waals surface area contributed by atoms with Crippen molar-refractivity contribution < 1.29 is 17.5 Å². The second-order valence-electron chi connectivity index (χ2n) is 5.46. The zero-order valence-electron chi connectivity index (χ0n) is 13.4. The van der Waals surface area contributed by atoms with E-state index >= 15 is 0 Å². The summed E-state index contributed by atoms with van der Waals surface area (Å²) in [6.07, 6.45) is 0. The summed E-state index contributed by atoms with van der Waals surface area (Å²) in [5.74, 6) is 0.130. The van der Waals surface area contributed by atoms with E-state index in [1.165, 1.54) is 25.2 Å². The van der Waals surface area contributed by atoms with Gasteiger partial charge >= 0.3 is 0 Å². The Labute approximate surface area is 136 Å². The summed E-state index contributed by atoms with van der Waals surface area (Å²) >= 11 is 0. The highest BCUT2D eigenvalue weighted by Gasteiger charge is 2.20. The molecule has 2 rings (SSSR count). The largest absolute Gasteiger partial charge is 0.492 e. The van der Waals surface area contributed by atoms with Gasteiger partial charge in [0, 0.05) is 13.6 Å². The molecule has 2 aromatic carbocycles. The number of likely N-dealkylation sites (N-methyl/N-ethyl adjacent to an activating group) is 1. The molecule has 0 N–H and O–H groups in total. The lowest BCUT2D eigenvalue weighted by atomic mass is 10.1. The Balaban J connectivity index is 2.00. The van der Waals surface area contributed by atoms with Gasteiger partial charge in [-0.2, -0.15) is 4.31 Å². The molecule has 4 nitrogen and oxygen atoms in total. The first-order valence-corrected chi connectivity index (χ1v) is 8.66. The van der Waals surface area contributed by atoms with Crippen LogP contribution in [0.25, 0.3) is 0 Å². The Kier molecular flexibility index (Phi) is 5.38. The highest BCUT2D eigenvalue weighted by molar-refractivity contribution is 7.89. The summed E-state index contributed by atoms with van der Waals surface area (Å²) < 4.78 is 44.6. The first kappa shape index (κ1) is 17.4. The predicted octanol–water partition coefficient (Wildman–Crippen LogP) is 3.14. The maximum absolute atomic E-state index is 13.2. The third kappa shape index (κ3) is 4.53. The fraction of sp³-hybridized carbons (Fsp3) is 0.294. The van der Waals surface area contributed by atoms with Crippen LogP contribution in [0.2, 0.25) is 0 Å². The molecule has 2 aromatic rings. The van der Waals surface area contributed by atoms with E-state index in [2.05, 4.69) is 0 Å². The Hall–Kier alpha value is -1.92. The molecular weight excluding hydrogens is 317 g/mol. The van der Waals surface area contributed by atoms with Crippen LogP contribution in [0.15, 0.2) is 47.4 Å². The molecule has 0 aliphatic carbocycles. The molecule has 0 bridgehead atoms. The van der Waals surface area contributed by atoms with Crippen LogP contribution < -0.4 is 4.74 Å². The van der Waals surface area contributed by atoms with Crippen LogP contribution in [0.4, 0.5) is 4.39 Å². The van der Waals surface area contributed by atoms with Crippen molar-refractivity contribution in [2.45, 2.75) is 18.7 Å². The fourth-order valence-corrected chi connectivity index (χ4v) is 3.42. The van der Waals surface area contributed by atoms with Gasteiger partial charge in [-0.15, -0.1) is 0 Å². The Morgan fingerprint density at radius 2 is 1.74 bits per heavy atom. The lowest BCUT2D eigenvalue weighted by Gasteiger charge is -2.17. The smallest absolute Gasteiger partial charge is 0.243 e. The fourth-order valence-electron chi connectivity index (χ4n) is 2.24. The lowest BCUT2D eigenvalue weighted by Crippen LogP contribution is -2.31. The van der Waals surface area contributed by atoms with E-state index in [4.69, 9.17) is 4.74 Å². The van der Waals surface area contributed by atoms with Gasteiger partial charge in [0.1, 0.15) is 18.2 Å². The van der Waals surface area contributed by atoms with Gasteiger partial charge in [0.05, 0.1) is 4.90 Å². The van der Waals surface area contributed by atoms with Crippen molar-refractivity contribution in [1.29, 1.82) is 0 Å². The number of halogens is 1. The topological polar surface area (TPSA) is 46.6 Å². The molecule has 0 aromatic heterocycles. The third-order valence-electron chi connectivity index (χ3n) is 3.37. The van der Waals surface area contributed by atoms with E-state index in [-0.39, 0.29) is 18.0 Å². The predicted molar refractivity (Wildman–Crippen MR) is 87.6 cm³/mol. The number of nitrogens with zero attached hydrogens (tertiary/aromatic N) is 1. The Bertz CT molecular complexity index is 770. The molecule has 0 unspecified atom stereocenters. The summed E-state index contributed by atoms with van der Waals surface area (Å²) in [5, 5.41) is 0. The minimum Gasteiger partial charge on any atom is -0.492 e. The number of hydrogen-bond acceptors (Lipinski definition) is 3. The van der Waals surface area contributed by atoms with Gasteiger partial charge in [0.25, 0.3) is 0 Å². The third-order valence-corrected chi connectivity index (χ3v) is 5.23. The van der Waals surface area contributed by atoms with Gasteiger partial charge in [0.2, 0.25) is 10.0 Å². The van der Waals surface area contributed by atoms with Crippen molar-refractivity contribution in [1.82, 2.24) is 4.31 Å². The summed E-state index contributed by atoms with van der Waals surface area (Å²) in [6, 6.07) is 10.8. The van der Waals surface area contributed by atoms with Crippen molar-refractivity contribution in [3.8, 4) is 5.75 Å². The van der Waals surface area contributed by atoms with E-state index in [0.717, 1.165) is 21.5 Å². The van der Waals surface area contributed by atoms with Gasteiger partial charge in [0.15, 0.2) is 0 Å². The quantitative estimate of drug-likeness (QED) is 0.813. The van der Waals surface area contributed by atoms with Crippen LogP contribution in [0.1, 0.15) is 11.1 Å². The number of sulfonamides is 1. The molecule has 0 radical (unpaired) electrons. The molecule has 0 spiro atoms. The highest BCUT2D eigenvalue weighted by atomic mass is 32.2. The Morgan fingerprint density at radius 1 is 1.09 bits per heavy atom. The van der Waals surface area contributed by atoms with E-state index in [9.17, 15) is 12.8 Å². The molecule has 0 aliphatic rings. The van der Waals surface area contributed by atoms with Gasteiger partial charge in [-0.1, -0.05) is 12.1 Å². The van der Waals surface area contributed by atoms with Gasteiger partial charge in [-0.05, 0) is 55.3 Å². The SMILES string of the molecule is Cc1cc(C)cc(OCCN(C)S(=O)(=O)c2cccc(F)c2)c1. The van der Waals surface area contributed by atoms with Crippen LogP contribution in [0, 0.1) is 19.7 Å². The first-order chi connectivity index (χ1) is 10.8. The van der Waals surface area contributed by atoms with Crippen LogP contribution in [0.5, 0.6) is 5.75 Å². The minimum atomic E-state index is -3.72. The average Bonchev–Trinajstić information content (AvgIpc) is 2.46. The molecule has 23 heavy (non-hydrogen) atoms. The average molecular weight is 337 g/mol. The number of benzene rings is 2. The molecule has 124 valence electrons. The Morgan fingerprint density at radius 3 is 2.35 bits per heavy atom. The second kappa shape index (κ2) is 7.10. The number of ether oxygens (including phenoxy) is 1. The number of rotatable bonds is 6. The maximum Gasteiger partial charge on any atom is 0.243 e. The second-order valence-corrected chi connectivity index (χ2v) is 7.50. The molecule has 0 aliphatic heterocycles. The standard InChI is InChI=1S/C17H20FNO3S/c1-13-9-14(2)11-16(10-13)22-8-7-19(3)23(20,21)17-6-4-5-15(18)12-17/h4-6,9-12H,7-8H2,1-3H3. The molecule has 0 saturated heterocycles. The monoisotopic (exact) mass is 337 g/mol. The van der Waals surface area contributed by atoms with Crippen molar-refractivity contribution in [3.63, 3.8) is 0 Å². The van der Waals surface area contributed by atoms with Crippen LogP contribution in [-0.2, 0) is 10.0 Å². The number of hydrogen-bond donors (Lipinski definition) is 0. The maximum atomic E-state index is 13.2. The van der Waals surface area contributed by atoms with Crippen molar-refractivity contribution in [2.24, 2.45) is 0 Å². The van der Waals surface area contributed by atoms with E-state index in [0.29, 0.717) is 5.75 Å². The molecule has 0 saturated carbocycles. The zero-order valence-corrected chi connectivity index (χ0v) is 14.2. The molecular formula is C17H20FNO3S. The summed E-state index contributed by atoms with van der Waals surface area (Å²) in [6.45, 7) is 4.33. The summed E-state index contributed by atoms with van der Waals surface area (Å²) in [4.78, 5) is -0.0635. The van der Waals surface area contributed by atoms with Crippen molar-refractivity contribution in [3.05, 3.63) is 59.4 Å².